The maximum atomic E-state index is 12.4. The van der Waals surface area contributed by atoms with Crippen LogP contribution < -0.4 is 0 Å². The van der Waals surface area contributed by atoms with Crippen LogP contribution >= 0.6 is 0 Å². The van der Waals surface area contributed by atoms with Crippen molar-refractivity contribution in [1.29, 1.82) is 0 Å². The van der Waals surface area contributed by atoms with Crippen LogP contribution in [0.1, 0.15) is 19.3 Å². The molecule has 1 amide bonds. The highest BCUT2D eigenvalue weighted by molar-refractivity contribution is 7.89. The van der Waals surface area contributed by atoms with Crippen LogP contribution in [0.2, 0.25) is 0 Å². The highest BCUT2D eigenvalue weighted by atomic mass is 32.2. The smallest absolute Gasteiger partial charge is 0.326 e. The van der Waals surface area contributed by atoms with Crippen LogP contribution in [0.3, 0.4) is 0 Å². The van der Waals surface area contributed by atoms with Crippen LogP contribution in [0.4, 0.5) is 0 Å². The Hall–Kier alpha value is -1.93. The Morgan fingerprint density at radius 1 is 1.26 bits per heavy atom. The summed E-state index contributed by atoms with van der Waals surface area (Å²) >= 11 is 0. The van der Waals surface area contributed by atoms with E-state index in [4.69, 9.17) is 0 Å². The zero-order chi connectivity index (χ0) is 17.0. The first kappa shape index (κ1) is 17.4. The molecule has 1 aromatic carbocycles. The molecule has 1 fully saturated rings. The lowest BCUT2D eigenvalue weighted by molar-refractivity contribution is -0.152. The van der Waals surface area contributed by atoms with E-state index in [0.717, 1.165) is 17.1 Å². The number of benzene rings is 1. The monoisotopic (exact) mass is 340 g/mol. The summed E-state index contributed by atoms with van der Waals surface area (Å²) in [5.41, 5.74) is 0. The largest absolute Gasteiger partial charge is 0.480 e. The van der Waals surface area contributed by atoms with Gasteiger partial charge in [0.05, 0.1) is 11.4 Å². The molecule has 1 atom stereocenters. The first-order valence-electron chi connectivity index (χ1n) is 7.37. The number of carbonyl (C=O) groups excluding carboxylic acids is 1. The molecule has 7 nitrogen and oxygen atoms in total. The first-order valence-corrected chi connectivity index (χ1v) is 8.81. The van der Waals surface area contributed by atoms with Gasteiger partial charge in [0.25, 0.3) is 0 Å². The molecule has 1 unspecified atom stereocenters. The van der Waals surface area contributed by atoms with Gasteiger partial charge in [0, 0.05) is 13.6 Å². The fourth-order valence-corrected chi connectivity index (χ4v) is 3.77. The molecule has 8 heteroatoms. The summed E-state index contributed by atoms with van der Waals surface area (Å²) in [5, 5.41) is 9.20. The van der Waals surface area contributed by atoms with Crippen molar-refractivity contribution in [2.45, 2.75) is 30.2 Å². The Kier molecular flexibility index (Phi) is 5.38. The average Bonchev–Trinajstić information content (AvgIpc) is 2.55. The molecule has 0 spiro atoms. The van der Waals surface area contributed by atoms with Crippen molar-refractivity contribution >= 4 is 21.9 Å². The molecule has 0 bridgehead atoms. The third-order valence-electron chi connectivity index (χ3n) is 3.92. The predicted molar refractivity (Wildman–Crippen MR) is 83.2 cm³/mol. The molecule has 0 aromatic heterocycles. The summed E-state index contributed by atoms with van der Waals surface area (Å²) in [6.45, 7) is -0.0317. The number of hydrogen-bond donors (Lipinski definition) is 1. The van der Waals surface area contributed by atoms with E-state index in [2.05, 4.69) is 0 Å². The standard InChI is InChI=1S/C15H20N2O5S/c1-16(23(21,22)12-7-3-2-4-8-12)11-14(18)17-10-6-5-9-13(17)15(19)20/h2-4,7-8,13H,5-6,9-11H2,1H3,(H,19,20). The maximum Gasteiger partial charge on any atom is 0.326 e. The molecule has 1 aliphatic heterocycles. The van der Waals surface area contributed by atoms with Crippen molar-refractivity contribution in [3.63, 3.8) is 0 Å². The zero-order valence-electron chi connectivity index (χ0n) is 12.9. The zero-order valence-corrected chi connectivity index (χ0v) is 13.7. The molecule has 0 radical (unpaired) electrons. The SMILES string of the molecule is CN(CC(=O)N1CCCCC1C(=O)O)S(=O)(=O)c1ccccc1. The van der Waals surface area contributed by atoms with Crippen LogP contribution in [0.15, 0.2) is 35.2 Å². The Balaban J connectivity index is 2.11. The molecule has 1 N–H and O–H groups in total. The molecule has 1 aliphatic rings. The summed E-state index contributed by atoms with van der Waals surface area (Å²) in [4.78, 5) is 25.0. The molecule has 1 aromatic rings. The molecule has 23 heavy (non-hydrogen) atoms. The van der Waals surface area contributed by atoms with Gasteiger partial charge in [-0.1, -0.05) is 18.2 Å². The summed E-state index contributed by atoms with van der Waals surface area (Å²) in [6.07, 6.45) is 1.87. The minimum Gasteiger partial charge on any atom is -0.480 e. The number of likely N-dealkylation sites (N-methyl/N-ethyl adjacent to an activating group) is 1. The van der Waals surface area contributed by atoms with Crippen molar-refractivity contribution < 1.29 is 23.1 Å². The second-order valence-corrected chi connectivity index (χ2v) is 7.56. The van der Waals surface area contributed by atoms with Crippen molar-refractivity contribution in [2.24, 2.45) is 0 Å². The van der Waals surface area contributed by atoms with Crippen LogP contribution in [0.25, 0.3) is 0 Å². The number of carbonyl (C=O) groups is 2. The normalized spacial score (nSPS) is 18.9. The molecular weight excluding hydrogens is 320 g/mol. The van der Waals surface area contributed by atoms with Crippen LogP contribution in [0.5, 0.6) is 0 Å². The molecule has 1 saturated heterocycles. The fraction of sp³-hybridized carbons (Fsp3) is 0.467. The number of carboxylic acids is 1. The molecule has 126 valence electrons. The lowest BCUT2D eigenvalue weighted by atomic mass is 10.0. The molecule has 0 saturated carbocycles. The predicted octanol–water partition coefficient (Wildman–Crippen LogP) is 0.773. The number of likely N-dealkylation sites (tertiary alicyclic amines) is 1. The summed E-state index contributed by atoms with van der Waals surface area (Å²) < 4.78 is 25.8. The van der Waals surface area contributed by atoms with Gasteiger partial charge in [0.1, 0.15) is 6.04 Å². The van der Waals surface area contributed by atoms with Crippen LogP contribution in [-0.2, 0) is 19.6 Å². The second-order valence-electron chi connectivity index (χ2n) is 5.51. The third kappa shape index (κ3) is 3.89. The lowest BCUT2D eigenvalue weighted by Gasteiger charge is -2.33. The van der Waals surface area contributed by atoms with Gasteiger partial charge in [-0.2, -0.15) is 4.31 Å². The van der Waals surface area contributed by atoms with E-state index in [1.54, 1.807) is 18.2 Å². The first-order chi connectivity index (χ1) is 10.8. The van der Waals surface area contributed by atoms with Crippen molar-refractivity contribution in [2.75, 3.05) is 20.1 Å². The van der Waals surface area contributed by atoms with Gasteiger partial charge in [0.2, 0.25) is 15.9 Å². The van der Waals surface area contributed by atoms with Gasteiger partial charge < -0.3 is 10.0 Å². The number of nitrogens with zero attached hydrogens (tertiary/aromatic N) is 2. The van der Waals surface area contributed by atoms with E-state index >= 15 is 0 Å². The van der Waals surface area contributed by atoms with E-state index in [0.29, 0.717) is 13.0 Å². The Bertz CT molecular complexity index is 674. The third-order valence-corrected chi connectivity index (χ3v) is 5.74. The minimum atomic E-state index is -3.77. The molecule has 0 aliphatic carbocycles. The number of amides is 1. The van der Waals surface area contributed by atoms with Crippen molar-refractivity contribution in [1.82, 2.24) is 9.21 Å². The van der Waals surface area contributed by atoms with Crippen molar-refractivity contribution in [3.05, 3.63) is 30.3 Å². The number of hydrogen-bond acceptors (Lipinski definition) is 4. The molecule has 1 heterocycles. The van der Waals surface area contributed by atoms with Crippen LogP contribution in [-0.4, -0.2) is 60.8 Å². The number of aliphatic carboxylic acids is 1. The Morgan fingerprint density at radius 2 is 1.91 bits per heavy atom. The van der Waals surface area contributed by atoms with Gasteiger partial charge in [-0.3, -0.25) is 4.79 Å². The summed E-state index contributed by atoms with van der Waals surface area (Å²) in [7, 11) is -2.45. The lowest BCUT2D eigenvalue weighted by Crippen LogP contribution is -2.51. The van der Waals surface area contributed by atoms with E-state index in [-0.39, 0.29) is 11.4 Å². The van der Waals surface area contributed by atoms with Crippen molar-refractivity contribution in [3.8, 4) is 0 Å². The fourth-order valence-electron chi connectivity index (χ4n) is 2.63. The number of piperidine rings is 1. The molecular formula is C15H20N2O5S. The van der Waals surface area contributed by atoms with Gasteiger partial charge in [-0.05, 0) is 31.4 Å². The average molecular weight is 340 g/mol. The van der Waals surface area contributed by atoms with Crippen LogP contribution in [0, 0.1) is 0 Å². The van der Waals surface area contributed by atoms with Gasteiger partial charge in [0.15, 0.2) is 0 Å². The van der Waals surface area contributed by atoms with E-state index < -0.39 is 27.9 Å². The topological polar surface area (TPSA) is 95.0 Å². The van der Waals surface area contributed by atoms with E-state index in [9.17, 15) is 23.1 Å². The number of sulfonamides is 1. The molecule has 2 rings (SSSR count). The van der Waals surface area contributed by atoms with Gasteiger partial charge in [-0.15, -0.1) is 0 Å². The summed E-state index contributed by atoms with van der Waals surface area (Å²) in [6, 6.07) is 6.95. The highest BCUT2D eigenvalue weighted by Crippen LogP contribution is 2.19. The van der Waals surface area contributed by atoms with Gasteiger partial charge >= 0.3 is 5.97 Å². The second kappa shape index (κ2) is 7.10. The van der Waals surface area contributed by atoms with E-state index in [1.807, 2.05) is 0 Å². The summed E-state index contributed by atoms with van der Waals surface area (Å²) in [5.74, 6) is -1.54. The number of carboxylic acid groups (broad SMARTS) is 1. The highest BCUT2D eigenvalue weighted by Gasteiger charge is 2.33. The number of rotatable bonds is 5. The quantitative estimate of drug-likeness (QED) is 0.854. The van der Waals surface area contributed by atoms with E-state index in [1.165, 1.54) is 24.1 Å². The maximum absolute atomic E-state index is 12.4. The Morgan fingerprint density at radius 3 is 2.52 bits per heavy atom. The van der Waals surface area contributed by atoms with Gasteiger partial charge in [-0.25, -0.2) is 13.2 Å². The minimum absolute atomic E-state index is 0.101. The Labute approximate surface area is 135 Å².